The largest absolute Gasteiger partial charge is 0.466 e. The molecule has 0 aliphatic carbocycles. The van der Waals surface area contributed by atoms with Gasteiger partial charge in [0, 0.05) is 59.4 Å². The highest BCUT2D eigenvalue weighted by atomic mass is 32.2. The third-order valence-corrected chi connectivity index (χ3v) is 13.3. The number of carbonyl (C=O) groups is 3. The lowest BCUT2D eigenvalue weighted by molar-refractivity contribution is -0.191. The average molecular weight is 823 g/mol. The topological polar surface area (TPSA) is 145 Å². The molecule has 3 aromatic heterocycles. The first-order chi connectivity index (χ1) is 28.1. The van der Waals surface area contributed by atoms with E-state index >= 15 is 0 Å². The van der Waals surface area contributed by atoms with Crippen molar-refractivity contribution in [2.24, 2.45) is 11.8 Å². The lowest BCUT2D eigenvalue weighted by Crippen LogP contribution is -2.52. The van der Waals surface area contributed by atoms with Crippen LogP contribution in [0.1, 0.15) is 118 Å². The number of nitrogens with one attached hydrogen (secondary N) is 2. The monoisotopic (exact) mass is 822 g/mol. The summed E-state index contributed by atoms with van der Waals surface area (Å²) in [5.74, 6) is -0.337. The molecule has 3 aromatic rings. The van der Waals surface area contributed by atoms with Gasteiger partial charge in [-0.1, -0.05) is 33.4 Å². The van der Waals surface area contributed by atoms with Crippen molar-refractivity contribution in [2.75, 3.05) is 19.0 Å². The first-order valence-electron chi connectivity index (χ1n) is 20.6. The zero-order chi connectivity index (χ0) is 42.7. The molecule has 1 saturated heterocycles. The van der Waals surface area contributed by atoms with Crippen molar-refractivity contribution in [2.45, 2.75) is 113 Å². The van der Waals surface area contributed by atoms with Crippen molar-refractivity contribution < 1.29 is 33.3 Å². The number of hydrogen-bond donors (Lipinski definition) is 2. The van der Waals surface area contributed by atoms with Crippen LogP contribution in [-0.2, 0) is 39.8 Å². The molecule has 12 heteroatoms. The van der Waals surface area contributed by atoms with Gasteiger partial charge in [-0.2, -0.15) is 0 Å². The molecule has 5 atom stereocenters. The number of nitrogens with zero attached hydrogens (tertiary/aromatic N) is 2. The van der Waals surface area contributed by atoms with E-state index in [0.717, 1.165) is 84.7 Å². The number of hydrogen-bond acceptors (Lipinski definition) is 10. The maximum Gasteiger partial charge on any atom is 0.306 e. The predicted octanol–water partition coefficient (Wildman–Crippen LogP) is 9.88. The Morgan fingerprint density at radius 1 is 0.881 bits per heavy atom. The lowest BCUT2D eigenvalue weighted by Gasteiger charge is -2.43. The molecule has 8 bridgehead atoms. The van der Waals surface area contributed by atoms with Crippen LogP contribution in [0.15, 0.2) is 24.8 Å². The number of aryl methyl sites for hydroxylation is 3. The van der Waals surface area contributed by atoms with Gasteiger partial charge in [0.05, 0.1) is 29.4 Å². The Kier molecular flexibility index (Phi) is 13.7. The van der Waals surface area contributed by atoms with Crippen LogP contribution in [0.25, 0.3) is 50.9 Å². The molecule has 3 aliphatic rings. The lowest BCUT2D eigenvalue weighted by atomic mass is 9.85. The van der Waals surface area contributed by atoms with Gasteiger partial charge >= 0.3 is 17.9 Å². The molecule has 0 spiro atoms. The minimum absolute atomic E-state index is 0.00818. The molecule has 6 heterocycles. The summed E-state index contributed by atoms with van der Waals surface area (Å²) in [5.41, 5.74) is 15.9. The first-order valence-corrected chi connectivity index (χ1v) is 21.6. The number of thioether (sulfide) groups is 1. The molecule has 0 unspecified atom stereocenters. The molecule has 314 valence electrons. The second kappa shape index (κ2) is 18.5. The van der Waals surface area contributed by atoms with E-state index < -0.39 is 24.1 Å². The molecule has 1 fully saturated rings. The second-order valence-corrected chi connectivity index (χ2v) is 17.1. The van der Waals surface area contributed by atoms with Crippen LogP contribution in [0.5, 0.6) is 0 Å². The summed E-state index contributed by atoms with van der Waals surface area (Å²) in [4.78, 5) is 54.2. The molecule has 11 nitrogen and oxygen atoms in total. The molecule has 2 N–H and O–H groups in total. The summed E-state index contributed by atoms with van der Waals surface area (Å²) in [6, 6.07) is 6.40. The zero-order valence-corrected chi connectivity index (χ0v) is 36.9. The number of aromatic nitrogens is 4. The maximum absolute atomic E-state index is 13.2. The van der Waals surface area contributed by atoms with Crippen LogP contribution < -0.4 is 0 Å². The smallest absolute Gasteiger partial charge is 0.306 e. The Bertz CT molecular complexity index is 2390. The third-order valence-electron chi connectivity index (χ3n) is 11.9. The van der Waals surface area contributed by atoms with Gasteiger partial charge < -0.3 is 28.9 Å². The predicted molar refractivity (Wildman–Crippen MR) is 237 cm³/mol. The van der Waals surface area contributed by atoms with Gasteiger partial charge in [-0.25, -0.2) is 9.97 Å². The highest BCUT2D eigenvalue weighted by molar-refractivity contribution is 7.99. The first kappa shape index (κ1) is 43.6. The van der Waals surface area contributed by atoms with Gasteiger partial charge in [0.1, 0.15) is 24.3 Å². The summed E-state index contributed by atoms with van der Waals surface area (Å²) >= 11 is 1.62. The van der Waals surface area contributed by atoms with E-state index in [4.69, 9.17) is 28.9 Å². The SMILES string of the molecule is C=Cc1c(C)c2cc3nc(c(C)c4nc(cc5[nH]c(cc1[nH]2)c(C)c5CC)C(C)=C4)C(CCC(=O)OCCCS[C@@H]1O[C@H](COC(C)=O)[C@@H](OC(C)=O)[C@H](C)[C@H]1C)=C3C. The highest BCUT2D eigenvalue weighted by Crippen LogP contribution is 2.39. The number of aromatic amines is 2. The molecule has 3 aliphatic heterocycles. The Labute approximate surface area is 351 Å². The van der Waals surface area contributed by atoms with Crippen LogP contribution in [0.4, 0.5) is 0 Å². The molecule has 6 rings (SSSR count). The number of rotatable bonds is 13. The van der Waals surface area contributed by atoms with Gasteiger partial charge in [0.15, 0.2) is 0 Å². The third kappa shape index (κ3) is 9.44. The van der Waals surface area contributed by atoms with Crippen LogP contribution in [-0.4, -0.2) is 74.5 Å². The molecule has 0 saturated carbocycles. The molecule has 0 radical (unpaired) electrons. The van der Waals surface area contributed by atoms with E-state index in [1.165, 1.54) is 25.0 Å². The minimum Gasteiger partial charge on any atom is -0.466 e. The Hall–Kier alpha value is -4.94. The fourth-order valence-electron chi connectivity index (χ4n) is 8.25. The van der Waals surface area contributed by atoms with Gasteiger partial charge in [-0.3, -0.25) is 14.4 Å². The van der Waals surface area contributed by atoms with Crippen LogP contribution >= 0.6 is 11.8 Å². The number of ether oxygens (including phenoxy) is 4. The molecule has 0 aromatic carbocycles. The van der Waals surface area contributed by atoms with Crippen molar-refractivity contribution in [3.05, 3.63) is 75.4 Å². The summed E-state index contributed by atoms with van der Waals surface area (Å²) < 4.78 is 22.9. The standard InChI is InChI=1S/C47H58N4O7S/c1-12-33-28(7)39-22-42-34(13-2)27(6)38(49-42)21-40-29(8)35(45(51-40)30(9)37-19-24(3)36(48-37)20-41(33)50-39)15-16-44(54)55-17-14-18-59-47-26(5)25(4)46(57-32(11)53)43(58-47)23-56-31(10)52/h13,19-22,25-26,43,46-47,49-50H,2,12,14-18,23H2,1,3-11H3/t25-,26-,43-,46+,47+/m1/s1. The normalized spacial score (nSPS) is 20.3. The molecule has 0 amide bonds. The average Bonchev–Trinajstić information content (AvgIpc) is 3.89. The maximum atomic E-state index is 13.2. The van der Waals surface area contributed by atoms with Crippen LogP contribution in [0.2, 0.25) is 0 Å². The van der Waals surface area contributed by atoms with E-state index in [-0.39, 0.29) is 42.9 Å². The van der Waals surface area contributed by atoms with Crippen LogP contribution in [0, 0.1) is 32.6 Å². The Morgan fingerprint density at radius 3 is 2.29 bits per heavy atom. The van der Waals surface area contributed by atoms with Crippen molar-refractivity contribution in [1.82, 2.24) is 19.9 Å². The molecular formula is C47H58N4O7S. The molecular weight excluding hydrogens is 765 g/mol. The van der Waals surface area contributed by atoms with Crippen molar-refractivity contribution >= 4 is 80.6 Å². The van der Waals surface area contributed by atoms with Gasteiger partial charge in [0.2, 0.25) is 0 Å². The van der Waals surface area contributed by atoms with Crippen molar-refractivity contribution in [1.29, 1.82) is 0 Å². The number of esters is 3. The van der Waals surface area contributed by atoms with E-state index in [1.54, 1.807) is 11.8 Å². The van der Waals surface area contributed by atoms with Gasteiger partial charge in [-0.05, 0) is 123 Å². The number of carbonyl (C=O) groups excluding carboxylic acids is 3. The second-order valence-electron chi connectivity index (χ2n) is 15.9. The molecule has 59 heavy (non-hydrogen) atoms. The van der Waals surface area contributed by atoms with E-state index in [0.29, 0.717) is 18.6 Å². The van der Waals surface area contributed by atoms with Crippen molar-refractivity contribution in [3.63, 3.8) is 0 Å². The van der Waals surface area contributed by atoms with Crippen molar-refractivity contribution in [3.8, 4) is 0 Å². The number of allylic oxidation sites excluding steroid dienone is 3. The quantitative estimate of drug-likeness (QED) is 0.0971. The summed E-state index contributed by atoms with van der Waals surface area (Å²) in [6.45, 7) is 23.9. The van der Waals surface area contributed by atoms with Gasteiger partial charge in [0.25, 0.3) is 0 Å². The Morgan fingerprint density at radius 2 is 1.59 bits per heavy atom. The van der Waals surface area contributed by atoms with Gasteiger partial charge in [-0.15, -0.1) is 11.8 Å². The summed E-state index contributed by atoms with van der Waals surface area (Å²) in [6.07, 6.45) is 5.13. The van der Waals surface area contributed by atoms with E-state index in [1.807, 2.05) is 13.0 Å². The van der Waals surface area contributed by atoms with E-state index in [2.05, 4.69) is 89.3 Å². The van der Waals surface area contributed by atoms with Crippen LogP contribution in [0.3, 0.4) is 0 Å². The fraction of sp³-hybridized carbons (Fsp3) is 0.468. The number of fused-ring (bicyclic) bond motifs is 8. The zero-order valence-electron chi connectivity index (χ0n) is 36.1. The highest BCUT2D eigenvalue weighted by Gasteiger charge is 2.44. The number of H-pyrrole nitrogens is 2. The minimum atomic E-state index is -0.564. The summed E-state index contributed by atoms with van der Waals surface area (Å²) in [5, 5.41) is 0. The Balaban J connectivity index is 1.20. The van der Waals surface area contributed by atoms with E-state index in [9.17, 15) is 14.4 Å². The summed E-state index contributed by atoms with van der Waals surface area (Å²) in [7, 11) is 0. The fourth-order valence-corrected chi connectivity index (χ4v) is 9.54.